The van der Waals surface area contributed by atoms with E-state index in [-0.39, 0.29) is 11.3 Å². The second kappa shape index (κ2) is 5.73. The van der Waals surface area contributed by atoms with Gasteiger partial charge in [-0.3, -0.25) is 0 Å². The summed E-state index contributed by atoms with van der Waals surface area (Å²) < 4.78 is 5.57. The van der Waals surface area contributed by atoms with Gasteiger partial charge in [-0.15, -0.1) is 0 Å². The monoisotopic (exact) mass is 277 g/mol. The van der Waals surface area contributed by atoms with Crippen LogP contribution in [-0.2, 0) is 6.54 Å². The van der Waals surface area contributed by atoms with Crippen molar-refractivity contribution in [3.63, 3.8) is 0 Å². The molecule has 0 bridgehead atoms. The number of ether oxygens (including phenoxy) is 1. The Kier molecular flexibility index (Phi) is 4.04. The fourth-order valence-corrected chi connectivity index (χ4v) is 1.78. The molecule has 5 heteroatoms. The van der Waals surface area contributed by atoms with Gasteiger partial charge in [0.05, 0.1) is 0 Å². The van der Waals surface area contributed by atoms with Crippen LogP contribution in [0.5, 0.6) is 11.5 Å². The van der Waals surface area contributed by atoms with E-state index in [0.717, 1.165) is 5.56 Å². The minimum atomic E-state index is -1.07. The third-order valence-electron chi connectivity index (χ3n) is 2.54. The first-order valence-corrected chi connectivity index (χ1v) is 5.97. The lowest BCUT2D eigenvalue weighted by Gasteiger charge is -2.10. The summed E-state index contributed by atoms with van der Waals surface area (Å²) >= 11 is 5.85. The Morgan fingerprint density at radius 3 is 2.74 bits per heavy atom. The van der Waals surface area contributed by atoms with Crippen LogP contribution in [0.25, 0.3) is 0 Å². The second-order valence-electron chi connectivity index (χ2n) is 3.90. The van der Waals surface area contributed by atoms with E-state index >= 15 is 0 Å². The van der Waals surface area contributed by atoms with Gasteiger partial charge in [-0.1, -0.05) is 23.7 Å². The lowest BCUT2D eigenvalue weighted by atomic mass is 10.2. The molecule has 2 aromatic rings. The summed E-state index contributed by atoms with van der Waals surface area (Å²) in [5.74, 6) is -0.344. The molecule has 0 aliphatic heterocycles. The number of nitrogens with two attached hydrogens (primary N) is 1. The normalized spacial score (nSPS) is 10.2. The molecule has 3 N–H and O–H groups in total. The van der Waals surface area contributed by atoms with Crippen molar-refractivity contribution in [2.45, 2.75) is 6.54 Å². The molecule has 98 valence electrons. The van der Waals surface area contributed by atoms with Crippen molar-refractivity contribution in [2.75, 3.05) is 0 Å². The number of benzene rings is 2. The van der Waals surface area contributed by atoms with Crippen molar-refractivity contribution in [3.05, 3.63) is 58.6 Å². The quantitative estimate of drug-likeness (QED) is 0.899. The van der Waals surface area contributed by atoms with Crippen LogP contribution in [0.15, 0.2) is 42.5 Å². The lowest BCUT2D eigenvalue weighted by molar-refractivity contribution is 0.0694. The molecule has 19 heavy (non-hydrogen) atoms. The van der Waals surface area contributed by atoms with Gasteiger partial charge in [-0.05, 0) is 29.8 Å². The van der Waals surface area contributed by atoms with Crippen molar-refractivity contribution in [1.82, 2.24) is 0 Å². The van der Waals surface area contributed by atoms with Crippen molar-refractivity contribution in [1.29, 1.82) is 0 Å². The highest BCUT2D eigenvalue weighted by Crippen LogP contribution is 2.28. The fraction of sp³-hybridized carbons (Fsp3) is 0.0714. The third kappa shape index (κ3) is 3.24. The molecule has 0 amide bonds. The molecule has 0 saturated heterocycles. The van der Waals surface area contributed by atoms with Gasteiger partial charge < -0.3 is 15.6 Å². The zero-order valence-corrected chi connectivity index (χ0v) is 10.7. The number of carboxylic acids is 1. The minimum absolute atomic E-state index is 0.0579. The maximum absolute atomic E-state index is 11.1. The number of rotatable bonds is 4. The minimum Gasteiger partial charge on any atom is -0.478 e. The summed E-state index contributed by atoms with van der Waals surface area (Å²) in [5.41, 5.74) is 6.50. The van der Waals surface area contributed by atoms with Gasteiger partial charge in [-0.2, -0.15) is 0 Å². The maximum atomic E-state index is 11.1. The van der Waals surface area contributed by atoms with E-state index in [1.165, 1.54) is 18.2 Å². The summed E-state index contributed by atoms with van der Waals surface area (Å²) in [5, 5.41) is 9.50. The van der Waals surface area contributed by atoms with Crippen LogP contribution in [0.3, 0.4) is 0 Å². The van der Waals surface area contributed by atoms with E-state index < -0.39 is 5.97 Å². The third-order valence-corrected chi connectivity index (χ3v) is 2.77. The van der Waals surface area contributed by atoms with E-state index in [9.17, 15) is 4.79 Å². The molecule has 0 heterocycles. The van der Waals surface area contributed by atoms with Crippen LogP contribution in [0.2, 0.25) is 5.02 Å². The Labute approximate surface area is 115 Å². The molecule has 2 aromatic carbocycles. The molecule has 2 rings (SSSR count). The first kappa shape index (κ1) is 13.4. The van der Waals surface area contributed by atoms with E-state index in [4.69, 9.17) is 27.2 Å². The van der Waals surface area contributed by atoms with E-state index in [0.29, 0.717) is 17.3 Å². The highest BCUT2D eigenvalue weighted by molar-refractivity contribution is 6.30. The smallest absolute Gasteiger partial charge is 0.339 e. The topological polar surface area (TPSA) is 72.5 Å². The number of carbonyl (C=O) groups is 1. The lowest BCUT2D eigenvalue weighted by Crippen LogP contribution is -2.00. The first-order valence-electron chi connectivity index (χ1n) is 5.60. The number of hydrogen-bond donors (Lipinski definition) is 2. The van der Waals surface area contributed by atoms with E-state index in [1.807, 2.05) is 6.07 Å². The Hall–Kier alpha value is -2.04. The van der Waals surface area contributed by atoms with Gasteiger partial charge >= 0.3 is 5.97 Å². The van der Waals surface area contributed by atoms with Crippen molar-refractivity contribution in [2.24, 2.45) is 5.73 Å². The highest BCUT2D eigenvalue weighted by atomic mass is 35.5. The first-order chi connectivity index (χ1) is 9.10. The van der Waals surface area contributed by atoms with Gasteiger partial charge in [-0.25, -0.2) is 4.79 Å². The van der Waals surface area contributed by atoms with E-state index in [2.05, 4.69) is 0 Å². The molecule has 0 spiro atoms. The average molecular weight is 278 g/mol. The van der Waals surface area contributed by atoms with Crippen LogP contribution in [0.4, 0.5) is 0 Å². The summed E-state index contributed by atoms with van der Waals surface area (Å²) in [4.78, 5) is 11.1. The molecule has 0 saturated carbocycles. The zero-order chi connectivity index (χ0) is 13.8. The van der Waals surface area contributed by atoms with E-state index in [1.54, 1.807) is 18.2 Å². The van der Waals surface area contributed by atoms with Crippen LogP contribution in [0, 0.1) is 0 Å². The summed E-state index contributed by atoms with van der Waals surface area (Å²) in [6.07, 6.45) is 0. The number of halogens is 1. The van der Waals surface area contributed by atoms with Crippen molar-refractivity contribution >= 4 is 17.6 Å². The molecule has 0 aliphatic carbocycles. The Bertz CT molecular complexity index is 613. The average Bonchev–Trinajstić information content (AvgIpc) is 2.38. The summed E-state index contributed by atoms with van der Waals surface area (Å²) in [7, 11) is 0. The highest BCUT2D eigenvalue weighted by Gasteiger charge is 2.12. The predicted octanol–water partition coefficient (Wildman–Crippen LogP) is 3.29. The van der Waals surface area contributed by atoms with Crippen molar-refractivity contribution in [3.8, 4) is 11.5 Å². The van der Waals surface area contributed by atoms with Crippen LogP contribution in [0.1, 0.15) is 15.9 Å². The molecular weight excluding hydrogens is 266 g/mol. The fourth-order valence-electron chi connectivity index (χ4n) is 1.62. The summed E-state index contributed by atoms with van der Waals surface area (Å²) in [6, 6.07) is 11.5. The molecule has 0 fully saturated rings. The molecule has 0 aliphatic rings. The molecule has 0 aromatic heterocycles. The SMILES string of the molecule is NCc1cccc(Oc2cc(Cl)ccc2C(=O)O)c1. The van der Waals surface area contributed by atoms with Gasteiger partial charge in [0.15, 0.2) is 0 Å². The summed E-state index contributed by atoms with van der Waals surface area (Å²) in [6.45, 7) is 0.387. The van der Waals surface area contributed by atoms with Gasteiger partial charge in [0.25, 0.3) is 0 Å². The van der Waals surface area contributed by atoms with Crippen LogP contribution in [-0.4, -0.2) is 11.1 Å². The molecule has 0 atom stereocenters. The number of carboxylic acid groups (broad SMARTS) is 1. The molecular formula is C14H12ClNO3. The number of hydrogen-bond acceptors (Lipinski definition) is 3. The second-order valence-corrected chi connectivity index (χ2v) is 4.34. The Morgan fingerprint density at radius 1 is 1.26 bits per heavy atom. The predicted molar refractivity (Wildman–Crippen MR) is 72.8 cm³/mol. The van der Waals surface area contributed by atoms with Gasteiger partial charge in [0, 0.05) is 17.6 Å². The maximum Gasteiger partial charge on any atom is 0.339 e. The molecule has 0 radical (unpaired) electrons. The zero-order valence-electron chi connectivity index (χ0n) is 9.97. The van der Waals surface area contributed by atoms with Crippen LogP contribution >= 0.6 is 11.6 Å². The van der Waals surface area contributed by atoms with Crippen LogP contribution < -0.4 is 10.5 Å². The van der Waals surface area contributed by atoms with Gasteiger partial charge in [0.1, 0.15) is 17.1 Å². The standard InChI is InChI=1S/C14H12ClNO3/c15-10-4-5-12(14(17)18)13(7-10)19-11-3-1-2-9(6-11)8-16/h1-7H,8,16H2,(H,17,18). The van der Waals surface area contributed by atoms with Gasteiger partial charge in [0.2, 0.25) is 0 Å². The van der Waals surface area contributed by atoms with Crippen molar-refractivity contribution < 1.29 is 14.6 Å². The Morgan fingerprint density at radius 2 is 2.05 bits per heavy atom. The largest absolute Gasteiger partial charge is 0.478 e. The number of aromatic carboxylic acids is 1. The molecule has 4 nitrogen and oxygen atoms in total. The Balaban J connectivity index is 2.36. The molecule has 0 unspecified atom stereocenters.